The van der Waals surface area contributed by atoms with Crippen LogP contribution in [-0.4, -0.2) is 26.3 Å². The van der Waals surface area contributed by atoms with Crippen LogP contribution in [0.2, 0.25) is 0 Å². The van der Waals surface area contributed by atoms with Crippen molar-refractivity contribution in [1.82, 2.24) is 14.9 Å². The summed E-state index contributed by atoms with van der Waals surface area (Å²) in [4.78, 5) is 42.2. The summed E-state index contributed by atoms with van der Waals surface area (Å²) in [5.41, 5.74) is 5.95. The summed E-state index contributed by atoms with van der Waals surface area (Å²) in [7, 11) is 1.54. The molecule has 9 nitrogen and oxygen atoms in total. The van der Waals surface area contributed by atoms with Crippen molar-refractivity contribution in [3.05, 3.63) is 80.5 Å². The number of anilines is 1. The number of rotatable bonds is 4. The molecule has 3 aromatic rings. The first-order chi connectivity index (χ1) is 16.6. The Kier molecular flexibility index (Phi) is 4.24. The monoisotopic (exact) mass is 474 g/mol. The molecule has 1 unspecified atom stereocenters. The van der Waals surface area contributed by atoms with Gasteiger partial charge in [-0.3, -0.25) is 14.2 Å². The molecule has 1 aromatic heterocycles. The highest BCUT2D eigenvalue weighted by atomic mass is 16.6. The van der Waals surface area contributed by atoms with E-state index in [2.05, 4.69) is 17.2 Å². The lowest BCUT2D eigenvalue weighted by atomic mass is 9.81. The second-order valence-electron chi connectivity index (χ2n) is 9.88. The van der Waals surface area contributed by atoms with Crippen LogP contribution in [0.25, 0.3) is 0 Å². The summed E-state index contributed by atoms with van der Waals surface area (Å²) in [5.74, 6) is -2.26. The number of nitrogens with one attached hydrogen (secondary N) is 2. The number of carbonyl (C=O) groups is 2. The maximum absolute atomic E-state index is 14.0. The van der Waals surface area contributed by atoms with Crippen molar-refractivity contribution in [2.75, 3.05) is 5.73 Å². The zero-order valence-electron chi connectivity index (χ0n) is 19.6. The lowest BCUT2D eigenvalue weighted by Crippen LogP contribution is -2.60. The minimum absolute atomic E-state index is 0.00150. The molecule has 1 amide bonds. The van der Waals surface area contributed by atoms with Gasteiger partial charge in [0.15, 0.2) is 0 Å². The van der Waals surface area contributed by atoms with Crippen LogP contribution in [0.5, 0.6) is 5.75 Å². The Morgan fingerprint density at radius 1 is 1.26 bits per heavy atom. The van der Waals surface area contributed by atoms with Gasteiger partial charge in [0.25, 0.3) is 11.7 Å². The molecule has 35 heavy (non-hydrogen) atoms. The molecular formula is C26H26N4O5. The number of ether oxygens (including phenoxy) is 1. The Morgan fingerprint density at radius 3 is 2.66 bits per heavy atom. The first kappa shape index (κ1) is 21.7. The summed E-state index contributed by atoms with van der Waals surface area (Å²) >= 11 is 0. The standard InChI is InChI=1S/C26H26N4O5/c1-12(14-7-8-14)15-9-10-16-19(11-15)35-26(34)17-5-4-6-18(27)20(17)22(31)25(16,26)29-23(32)21-13(2)30(3)24(33)28-21/h4-6,9-12,14,34H,7-8,27H2,1-3H3,(H,28,33)(H,29,32)/t12-,25?,26-/m1/s1. The van der Waals surface area contributed by atoms with E-state index >= 15 is 0 Å². The number of aromatic nitrogens is 2. The van der Waals surface area contributed by atoms with Crippen LogP contribution in [0.1, 0.15) is 68.9 Å². The van der Waals surface area contributed by atoms with E-state index in [1.165, 1.54) is 24.5 Å². The van der Waals surface area contributed by atoms with E-state index in [1.807, 2.05) is 12.1 Å². The fraction of sp³-hybridized carbons (Fsp3) is 0.346. The minimum Gasteiger partial charge on any atom is -0.454 e. The van der Waals surface area contributed by atoms with Gasteiger partial charge >= 0.3 is 5.69 Å². The lowest BCUT2D eigenvalue weighted by Gasteiger charge is -2.34. The van der Waals surface area contributed by atoms with E-state index in [1.54, 1.807) is 31.2 Å². The van der Waals surface area contributed by atoms with Crippen molar-refractivity contribution in [2.45, 2.75) is 43.9 Å². The van der Waals surface area contributed by atoms with Gasteiger partial charge in [-0.05, 0) is 49.3 Å². The van der Waals surface area contributed by atoms with Crippen LogP contribution in [0, 0.1) is 12.8 Å². The number of imidazole rings is 1. The van der Waals surface area contributed by atoms with Crippen LogP contribution < -0.4 is 21.5 Å². The molecule has 0 radical (unpaired) electrons. The van der Waals surface area contributed by atoms with Crippen LogP contribution in [0.3, 0.4) is 0 Å². The van der Waals surface area contributed by atoms with Gasteiger partial charge in [-0.1, -0.05) is 31.2 Å². The van der Waals surface area contributed by atoms with E-state index in [0.29, 0.717) is 28.8 Å². The van der Waals surface area contributed by atoms with E-state index in [9.17, 15) is 19.5 Å². The van der Waals surface area contributed by atoms with Crippen LogP contribution in [0.4, 0.5) is 5.69 Å². The minimum atomic E-state index is -2.21. The van der Waals surface area contributed by atoms with Crippen molar-refractivity contribution < 1.29 is 19.4 Å². The van der Waals surface area contributed by atoms with Gasteiger partial charge in [0.05, 0.1) is 5.56 Å². The molecule has 180 valence electrons. The summed E-state index contributed by atoms with van der Waals surface area (Å²) in [5, 5.41) is 14.8. The summed E-state index contributed by atoms with van der Waals surface area (Å²) in [6.07, 6.45) is 2.34. The number of nitrogen functional groups attached to an aromatic ring is 1. The van der Waals surface area contributed by atoms with E-state index < -0.39 is 28.7 Å². The molecule has 1 fully saturated rings. The molecule has 6 rings (SSSR count). The van der Waals surface area contributed by atoms with Gasteiger partial charge < -0.3 is 25.9 Å². The molecule has 3 aliphatic rings. The largest absolute Gasteiger partial charge is 0.454 e. The Morgan fingerprint density at radius 2 is 2.00 bits per heavy atom. The zero-order valence-corrected chi connectivity index (χ0v) is 19.6. The number of fused-ring (bicyclic) bond motifs is 5. The summed E-state index contributed by atoms with van der Waals surface area (Å²) in [6, 6.07) is 10.3. The number of hydrogen-bond acceptors (Lipinski definition) is 6. The molecule has 2 heterocycles. The van der Waals surface area contributed by atoms with Gasteiger partial charge in [0, 0.05) is 29.6 Å². The van der Waals surface area contributed by atoms with Crippen LogP contribution >= 0.6 is 0 Å². The zero-order chi connectivity index (χ0) is 24.9. The van der Waals surface area contributed by atoms with Gasteiger partial charge in [-0.2, -0.15) is 0 Å². The highest BCUT2D eigenvalue weighted by Gasteiger charge is 2.72. The smallest absolute Gasteiger partial charge is 0.326 e. The second-order valence-corrected chi connectivity index (χ2v) is 9.88. The molecule has 1 saturated carbocycles. The van der Waals surface area contributed by atoms with Crippen molar-refractivity contribution >= 4 is 17.4 Å². The number of benzene rings is 2. The number of ketones is 1. The topological polar surface area (TPSA) is 139 Å². The molecule has 1 aliphatic heterocycles. The third kappa shape index (κ3) is 2.64. The fourth-order valence-corrected chi connectivity index (χ4v) is 5.59. The fourth-order valence-electron chi connectivity index (χ4n) is 5.59. The number of H-pyrrole nitrogens is 1. The number of hydrogen-bond donors (Lipinski definition) is 4. The predicted molar refractivity (Wildman–Crippen MR) is 127 cm³/mol. The number of carbonyl (C=O) groups excluding carboxylic acids is 2. The molecule has 0 spiro atoms. The first-order valence-electron chi connectivity index (χ1n) is 11.7. The SMILES string of the molecule is Cc1c(C(=O)NC23C(=O)c4c(N)cccc4[C@@]2(O)Oc2cc([C@H](C)C4CC4)ccc23)[nH]c(=O)n1C. The Labute approximate surface area is 200 Å². The third-order valence-electron chi connectivity index (χ3n) is 7.99. The Bertz CT molecular complexity index is 1500. The van der Waals surface area contributed by atoms with Crippen molar-refractivity contribution in [3.8, 4) is 5.75 Å². The molecule has 2 aliphatic carbocycles. The molecule has 0 bridgehead atoms. The normalized spacial score (nSPS) is 25.0. The highest BCUT2D eigenvalue weighted by molar-refractivity contribution is 6.16. The number of amides is 1. The maximum Gasteiger partial charge on any atom is 0.326 e. The van der Waals surface area contributed by atoms with Gasteiger partial charge in [-0.15, -0.1) is 0 Å². The van der Waals surface area contributed by atoms with Gasteiger partial charge in [0.1, 0.15) is 11.4 Å². The lowest BCUT2D eigenvalue weighted by molar-refractivity contribution is -0.169. The van der Waals surface area contributed by atoms with E-state index in [-0.39, 0.29) is 22.5 Å². The molecule has 3 atom stereocenters. The second kappa shape index (κ2) is 6.85. The Hall–Kier alpha value is -3.85. The number of aromatic amines is 1. The Balaban J connectivity index is 1.54. The maximum atomic E-state index is 14.0. The highest BCUT2D eigenvalue weighted by Crippen LogP contribution is 2.59. The van der Waals surface area contributed by atoms with Crippen molar-refractivity contribution in [3.63, 3.8) is 0 Å². The summed E-state index contributed by atoms with van der Waals surface area (Å²) < 4.78 is 7.45. The number of aliphatic hydroxyl groups is 1. The molecule has 5 N–H and O–H groups in total. The molecule has 0 saturated heterocycles. The summed E-state index contributed by atoms with van der Waals surface area (Å²) in [6.45, 7) is 3.77. The third-order valence-corrected chi connectivity index (χ3v) is 7.99. The molecule has 2 aromatic carbocycles. The average Bonchev–Trinajstić information content (AvgIpc) is 3.57. The predicted octanol–water partition coefficient (Wildman–Crippen LogP) is 2.18. The molecular weight excluding hydrogens is 448 g/mol. The average molecular weight is 475 g/mol. The van der Waals surface area contributed by atoms with Crippen molar-refractivity contribution in [1.29, 1.82) is 0 Å². The number of Topliss-reactive ketones (excluding diaryl/α,β-unsaturated/α-hetero) is 1. The van der Waals surface area contributed by atoms with Gasteiger partial charge in [0.2, 0.25) is 11.3 Å². The van der Waals surface area contributed by atoms with E-state index in [0.717, 1.165) is 5.56 Å². The van der Waals surface area contributed by atoms with Crippen LogP contribution in [-0.2, 0) is 18.4 Å². The van der Waals surface area contributed by atoms with Gasteiger partial charge in [-0.25, -0.2) is 4.79 Å². The van der Waals surface area contributed by atoms with Crippen molar-refractivity contribution in [2.24, 2.45) is 13.0 Å². The number of nitrogens with two attached hydrogens (primary N) is 1. The van der Waals surface area contributed by atoms with Crippen LogP contribution in [0.15, 0.2) is 41.2 Å². The van der Waals surface area contributed by atoms with E-state index in [4.69, 9.17) is 10.5 Å². The number of nitrogens with zero attached hydrogens (tertiary/aromatic N) is 1. The first-order valence-corrected chi connectivity index (χ1v) is 11.7. The molecule has 9 heteroatoms. The quantitative estimate of drug-likeness (QED) is 0.428.